The first-order valence-electron chi connectivity index (χ1n) is 4.67. The summed E-state index contributed by atoms with van der Waals surface area (Å²) in [5, 5.41) is 0. The number of aromatic nitrogens is 1. The van der Waals surface area contributed by atoms with Crippen molar-refractivity contribution in [3.05, 3.63) is 47.9 Å². The van der Waals surface area contributed by atoms with Crippen LogP contribution >= 0.6 is 0 Å². The minimum absolute atomic E-state index is 0.0483. The Morgan fingerprint density at radius 3 is 2.50 bits per heavy atom. The number of aldehydes is 1. The molecule has 0 bridgehead atoms. The summed E-state index contributed by atoms with van der Waals surface area (Å²) >= 11 is 0. The Hall–Kier alpha value is -2.23. The molecule has 3 nitrogen and oxygen atoms in total. The SMILES string of the molecule is Nc1ccc(-c2ccc(C=O)c(F)c2)cn1. The standard InChI is InChI=1S/C12H9FN2O/c13-11-5-8(1-2-10(11)7-16)9-3-4-12(14)15-6-9/h1-7H,(H2,14,15). The second-order valence-electron chi connectivity index (χ2n) is 3.33. The molecule has 0 unspecified atom stereocenters. The van der Waals surface area contributed by atoms with Crippen molar-refractivity contribution in [1.82, 2.24) is 4.98 Å². The topological polar surface area (TPSA) is 56.0 Å². The third-order valence-electron chi connectivity index (χ3n) is 2.25. The van der Waals surface area contributed by atoms with Gasteiger partial charge in [0.1, 0.15) is 11.6 Å². The minimum atomic E-state index is -0.538. The molecule has 2 rings (SSSR count). The number of carbonyl (C=O) groups is 1. The normalized spacial score (nSPS) is 10.1. The summed E-state index contributed by atoms with van der Waals surface area (Å²) in [7, 11) is 0. The molecule has 0 atom stereocenters. The van der Waals surface area contributed by atoms with Crippen LogP contribution in [0.3, 0.4) is 0 Å². The third kappa shape index (κ3) is 1.91. The van der Waals surface area contributed by atoms with Gasteiger partial charge in [-0.05, 0) is 29.8 Å². The number of benzene rings is 1. The number of pyridine rings is 1. The van der Waals surface area contributed by atoms with E-state index in [2.05, 4.69) is 4.98 Å². The number of hydrogen-bond acceptors (Lipinski definition) is 3. The van der Waals surface area contributed by atoms with Crippen LogP contribution in [0.4, 0.5) is 10.2 Å². The van der Waals surface area contributed by atoms with E-state index in [0.29, 0.717) is 17.7 Å². The highest BCUT2D eigenvalue weighted by Crippen LogP contribution is 2.21. The molecule has 2 N–H and O–H groups in total. The zero-order chi connectivity index (χ0) is 11.5. The van der Waals surface area contributed by atoms with Crippen molar-refractivity contribution in [2.24, 2.45) is 0 Å². The summed E-state index contributed by atoms with van der Waals surface area (Å²) < 4.78 is 13.3. The van der Waals surface area contributed by atoms with Crippen molar-refractivity contribution < 1.29 is 9.18 Å². The summed E-state index contributed by atoms with van der Waals surface area (Å²) in [5.41, 5.74) is 6.91. The van der Waals surface area contributed by atoms with Crippen LogP contribution in [0, 0.1) is 5.82 Å². The van der Waals surface area contributed by atoms with Crippen molar-refractivity contribution in [2.45, 2.75) is 0 Å². The van der Waals surface area contributed by atoms with Crippen molar-refractivity contribution in [1.29, 1.82) is 0 Å². The van der Waals surface area contributed by atoms with Crippen molar-refractivity contribution in [2.75, 3.05) is 5.73 Å². The van der Waals surface area contributed by atoms with Gasteiger partial charge >= 0.3 is 0 Å². The lowest BCUT2D eigenvalue weighted by Crippen LogP contribution is -1.91. The number of anilines is 1. The fourth-order valence-corrected chi connectivity index (χ4v) is 1.38. The van der Waals surface area contributed by atoms with E-state index in [1.807, 2.05) is 0 Å². The summed E-state index contributed by atoms with van der Waals surface area (Å²) in [6.07, 6.45) is 2.05. The van der Waals surface area contributed by atoms with Crippen LogP contribution in [0.15, 0.2) is 36.5 Å². The molecule has 0 aliphatic rings. The van der Waals surface area contributed by atoms with E-state index in [-0.39, 0.29) is 5.56 Å². The lowest BCUT2D eigenvalue weighted by atomic mass is 10.1. The highest BCUT2D eigenvalue weighted by molar-refractivity contribution is 5.77. The molecule has 0 amide bonds. The van der Waals surface area contributed by atoms with Crippen LogP contribution < -0.4 is 5.73 Å². The van der Waals surface area contributed by atoms with Crippen LogP contribution in [0.2, 0.25) is 0 Å². The molecule has 2 aromatic rings. The van der Waals surface area contributed by atoms with Gasteiger partial charge in [0.15, 0.2) is 6.29 Å². The zero-order valence-electron chi connectivity index (χ0n) is 8.35. The number of nitrogen functional groups attached to an aromatic ring is 1. The largest absolute Gasteiger partial charge is 0.384 e. The maximum atomic E-state index is 13.3. The Bertz CT molecular complexity index is 523. The van der Waals surface area contributed by atoms with Gasteiger partial charge in [0.05, 0.1) is 5.56 Å². The van der Waals surface area contributed by atoms with Crippen LogP contribution in [-0.4, -0.2) is 11.3 Å². The highest BCUT2D eigenvalue weighted by atomic mass is 19.1. The smallest absolute Gasteiger partial charge is 0.152 e. The van der Waals surface area contributed by atoms with E-state index in [1.165, 1.54) is 12.1 Å². The monoisotopic (exact) mass is 216 g/mol. The number of hydrogen-bond donors (Lipinski definition) is 1. The van der Waals surface area contributed by atoms with Crippen LogP contribution in [0.25, 0.3) is 11.1 Å². The van der Waals surface area contributed by atoms with Crippen LogP contribution in [-0.2, 0) is 0 Å². The van der Waals surface area contributed by atoms with Gasteiger partial charge in [-0.25, -0.2) is 9.37 Å². The first-order valence-corrected chi connectivity index (χ1v) is 4.67. The zero-order valence-corrected chi connectivity index (χ0v) is 8.35. The first-order chi connectivity index (χ1) is 7.70. The first kappa shape index (κ1) is 10.3. The molecular formula is C12H9FN2O. The summed E-state index contributed by atoms with van der Waals surface area (Å²) in [5.74, 6) is -0.127. The predicted molar refractivity (Wildman–Crippen MR) is 59.4 cm³/mol. The lowest BCUT2D eigenvalue weighted by Gasteiger charge is -2.02. The van der Waals surface area contributed by atoms with E-state index in [1.54, 1.807) is 24.4 Å². The number of rotatable bonds is 2. The van der Waals surface area contributed by atoms with Gasteiger partial charge in [-0.2, -0.15) is 0 Å². The summed E-state index contributed by atoms with van der Waals surface area (Å²) in [6, 6.07) is 7.80. The van der Waals surface area contributed by atoms with Crippen molar-refractivity contribution in [3.63, 3.8) is 0 Å². The fourth-order valence-electron chi connectivity index (χ4n) is 1.38. The molecular weight excluding hydrogens is 207 g/mol. The van der Waals surface area contributed by atoms with Gasteiger partial charge < -0.3 is 5.73 Å². The van der Waals surface area contributed by atoms with E-state index in [4.69, 9.17) is 5.73 Å². The van der Waals surface area contributed by atoms with Crippen LogP contribution in [0.1, 0.15) is 10.4 Å². The van der Waals surface area contributed by atoms with Gasteiger partial charge in [-0.15, -0.1) is 0 Å². The molecule has 0 spiro atoms. The highest BCUT2D eigenvalue weighted by Gasteiger charge is 2.04. The Kier molecular flexibility index (Phi) is 2.64. The van der Waals surface area contributed by atoms with E-state index < -0.39 is 5.82 Å². The second kappa shape index (κ2) is 4.10. The molecule has 0 aliphatic carbocycles. The molecule has 0 saturated carbocycles. The quantitative estimate of drug-likeness (QED) is 0.783. The molecule has 1 heterocycles. The number of carbonyl (C=O) groups excluding carboxylic acids is 1. The average Bonchev–Trinajstić information content (AvgIpc) is 2.30. The van der Waals surface area contributed by atoms with Gasteiger partial charge in [0, 0.05) is 11.8 Å². The number of nitrogens with zero attached hydrogens (tertiary/aromatic N) is 1. The third-order valence-corrected chi connectivity index (χ3v) is 2.25. The molecule has 1 aromatic heterocycles. The molecule has 1 aromatic carbocycles. The Balaban J connectivity index is 2.45. The van der Waals surface area contributed by atoms with Crippen molar-refractivity contribution in [3.8, 4) is 11.1 Å². The average molecular weight is 216 g/mol. The molecule has 0 radical (unpaired) electrons. The molecule has 0 aliphatic heterocycles. The van der Waals surface area contributed by atoms with E-state index in [9.17, 15) is 9.18 Å². The van der Waals surface area contributed by atoms with E-state index >= 15 is 0 Å². The van der Waals surface area contributed by atoms with Gasteiger partial charge in [-0.3, -0.25) is 4.79 Å². The van der Waals surface area contributed by atoms with Gasteiger partial charge in [-0.1, -0.05) is 6.07 Å². The Morgan fingerprint density at radius 2 is 1.94 bits per heavy atom. The minimum Gasteiger partial charge on any atom is -0.384 e. The molecule has 16 heavy (non-hydrogen) atoms. The predicted octanol–water partition coefficient (Wildman–Crippen LogP) is 2.28. The maximum Gasteiger partial charge on any atom is 0.152 e. The van der Waals surface area contributed by atoms with Crippen LogP contribution in [0.5, 0.6) is 0 Å². The van der Waals surface area contributed by atoms with E-state index in [0.717, 1.165) is 5.56 Å². The molecule has 4 heteroatoms. The van der Waals surface area contributed by atoms with Gasteiger partial charge in [0.25, 0.3) is 0 Å². The molecule has 0 fully saturated rings. The fraction of sp³-hybridized carbons (Fsp3) is 0. The summed E-state index contributed by atoms with van der Waals surface area (Å²) in [4.78, 5) is 14.4. The lowest BCUT2D eigenvalue weighted by molar-refractivity contribution is 0.112. The van der Waals surface area contributed by atoms with Gasteiger partial charge in [0.2, 0.25) is 0 Å². The number of nitrogens with two attached hydrogens (primary N) is 1. The molecule has 0 saturated heterocycles. The Labute approximate surface area is 91.7 Å². The summed E-state index contributed by atoms with van der Waals surface area (Å²) in [6.45, 7) is 0. The second-order valence-corrected chi connectivity index (χ2v) is 3.33. The maximum absolute atomic E-state index is 13.3. The molecule has 80 valence electrons. The Morgan fingerprint density at radius 1 is 1.19 bits per heavy atom. The van der Waals surface area contributed by atoms with Crippen molar-refractivity contribution >= 4 is 12.1 Å². The number of halogens is 1.